The van der Waals surface area contributed by atoms with Crippen LogP contribution in [0.1, 0.15) is 29.0 Å². The van der Waals surface area contributed by atoms with Crippen molar-refractivity contribution in [3.8, 4) is 0 Å². The van der Waals surface area contributed by atoms with Gasteiger partial charge in [0.05, 0.1) is 23.8 Å². The first-order valence-corrected chi connectivity index (χ1v) is 10.1. The van der Waals surface area contributed by atoms with Crippen LogP contribution in [0.5, 0.6) is 0 Å². The highest BCUT2D eigenvalue weighted by Gasteiger charge is 2.44. The molecule has 7 heteroatoms. The number of carbonyl (C=O) groups is 1. The molecule has 156 valence electrons. The number of aryl methyl sites for hydroxylation is 1. The predicted molar refractivity (Wildman–Crippen MR) is 111 cm³/mol. The van der Waals surface area contributed by atoms with Gasteiger partial charge in [0.25, 0.3) is 0 Å². The zero-order valence-electron chi connectivity index (χ0n) is 17.0. The zero-order chi connectivity index (χ0) is 21.0. The van der Waals surface area contributed by atoms with Gasteiger partial charge in [-0.1, -0.05) is 35.5 Å². The molecular formula is C23H26N4O3. The molecule has 4 rings (SSSR count). The standard InChI is InChI=1S/C23H26N4O3/c1-17-13-20(26-30-17)15-27-12-9-23(21(28)16-27,19-5-3-2-4-6-19)25-22(29)14-18-7-10-24-11-8-18/h2-8,10-11,13,21,28H,9,12,14-16H2,1H3,(H,25,29)/t21-,23-/m1/s1. The van der Waals surface area contributed by atoms with Crippen molar-refractivity contribution in [2.75, 3.05) is 13.1 Å². The number of aliphatic hydroxyl groups excluding tert-OH is 1. The Balaban J connectivity index is 1.52. The number of aromatic nitrogens is 2. The summed E-state index contributed by atoms with van der Waals surface area (Å²) >= 11 is 0. The van der Waals surface area contributed by atoms with E-state index in [0.29, 0.717) is 26.1 Å². The Kier molecular flexibility index (Phi) is 5.92. The Morgan fingerprint density at radius 1 is 1.27 bits per heavy atom. The summed E-state index contributed by atoms with van der Waals surface area (Å²) in [5.74, 6) is 0.647. The molecule has 2 atom stereocenters. The number of hydrogen-bond donors (Lipinski definition) is 2. The Morgan fingerprint density at radius 3 is 2.70 bits per heavy atom. The monoisotopic (exact) mass is 406 g/mol. The second-order valence-corrected chi connectivity index (χ2v) is 7.85. The number of likely N-dealkylation sites (tertiary alicyclic amines) is 1. The molecule has 2 aromatic heterocycles. The molecule has 0 unspecified atom stereocenters. The molecule has 2 N–H and O–H groups in total. The van der Waals surface area contributed by atoms with Gasteiger partial charge in [0.2, 0.25) is 5.91 Å². The third kappa shape index (κ3) is 4.42. The molecule has 0 bridgehead atoms. The van der Waals surface area contributed by atoms with E-state index >= 15 is 0 Å². The van der Waals surface area contributed by atoms with Gasteiger partial charge in [-0.25, -0.2) is 0 Å². The highest BCUT2D eigenvalue weighted by molar-refractivity contribution is 5.79. The van der Waals surface area contributed by atoms with Crippen molar-refractivity contribution in [1.82, 2.24) is 20.4 Å². The van der Waals surface area contributed by atoms with Gasteiger partial charge < -0.3 is 14.9 Å². The van der Waals surface area contributed by atoms with E-state index < -0.39 is 11.6 Å². The van der Waals surface area contributed by atoms with Gasteiger partial charge in [-0.3, -0.25) is 14.7 Å². The largest absolute Gasteiger partial charge is 0.389 e. The van der Waals surface area contributed by atoms with Crippen LogP contribution in [0.2, 0.25) is 0 Å². The van der Waals surface area contributed by atoms with Crippen LogP contribution in [0.25, 0.3) is 0 Å². The zero-order valence-corrected chi connectivity index (χ0v) is 17.0. The summed E-state index contributed by atoms with van der Waals surface area (Å²) < 4.78 is 5.15. The fourth-order valence-electron chi connectivity index (χ4n) is 4.13. The first-order valence-electron chi connectivity index (χ1n) is 10.1. The minimum absolute atomic E-state index is 0.121. The van der Waals surface area contributed by atoms with Gasteiger partial charge in [0.15, 0.2) is 0 Å². The molecule has 1 aromatic carbocycles. The normalized spacial score (nSPS) is 22.0. The molecular weight excluding hydrogens is 380 g/mol. The average Bonchev–Trinajstić information content (AvgIpc) is 3.16. The number of pyridine rings is 1. The smallest absolute Gasteiger partial charge is 0.225 e. The van der Waals surface area contributed by atoms with E-state index in [1.54, 1.807) is 12.4 Å². The number of hydrogen-bond acceptors (Lipinski definition) is 6. The molecule has 1 saturated heterocycles. The van der Waals surface area contributed by atoms with Gasteiger partial charge in [0, 0.05) is 38.1 Å². The van der Waals surface area contributed by atoms with Crippen molar-refractivity contribution < 1.29 is 14.4 Å². The van der Waals surface area contributed by atoms with Gasteiger partial charge in [-0.05, 0) is 36.6 Å². The predicted octanol–water partition coefficient (Wildman–Crippen LogP) is 2.20. The summed E-state index contributed by atoms with van der Waals surface area (Å²) in [7, 11) is 0. The lowest BCUT2D eigenvalue weighted by molar-refractivity contribution is -0.126. The van der Waals surface area contributed by atoms with Gasteiger partial charge in [-0.15, -0.1) is 0 Å². The summed E-state index contributed by atoms with van der Waals surface area (Å²) in [6.45, 7) is 3.61. The molecule has 3 aromatic rings. The van der Waals surface area contributed by atoms with Crippen molar-refractivity contribution in [2.45, 2.75) is 38.0 Å². The summed E-state index contributed by atoms with van der Waals surface area (Å²) in [6.07, 6.45) is 3.43. The molecule has 3 heterocycles. The second-order valence-electron chi connectivity index (χ2n) is 7.85. The van der Waals surface area contributed by atoms with Crippen LogP contribution >= 0.6 is 0 Å². The van der Waals surface area contributed by atoms with E-state index in [0.717, 1.165) is 22.6 Å². The maximum absolute atomic E-state index is 12.9. The van der Waals surface area contributed by atoms with Crippen LogP contribution in [-0.4, -0.2) is 45.2 Å². The molecule has 0 aliphatic carbocycles. The number of nitrogens with zero attached hydrogens (tertiary/aromatic N) is 3. The molecule has 30 heavy (non-hydrogen) atoms. The van der Waals surface area contributed by atoms with Gasteiger partial charge >= 0.3 is 0 Å². The Bertz CT molecular complexity index is 976. The number of benzene rings is 1. The Labute approximate surface area is 175 Å². The van der Waals surface area contributed by atoms with Crippen LogP contribution in [0.4, 0.5) is 0 Å². The van der Waals surface area contributed by atoms with E-state index in [4.69, 9.17) is 4.52 Å². The molecule has 1 aliphatic rings. The lowest BCUT2D eigenvalue weighted by atomic mass is 9.78. The van der Waals surface area contributed by atoms with Crippen LogP contribution in [-0.2, 0) is 23.3 Å². The molecule has 1 amide bonds. The fourth-order valence-corrected chi connectivity index (χ4v) is 4.13. The van der Waals surface area contributed by atoms with Crippen molar-refractivity contribution in [1.29, 1.82) is 0 Å². The van der Waals surface area contributed by atoms with Crippen molar-refractivity contribution in [3.63, 3.8) is 0 Å². The second kappa shape index (κ2) is 8.77. The first-order chi connectivity index (χ1) is 14.5. The lowest BCUT2D eigenvalue weighted by Gasteiger charge is -2.46. The number of carbonyl (C=O) groups excluding carboxylic acids is 1. The van der Waals surface area contributed by atoms with Crippen LogP contribution < -0.4 is 5.32 Å². The quantitative estimate of drug-likeness (QED) is 0.652. The molecule has 0 saturated carbocycles. The van der Waals surface area contributed by atoms with Crippen LogP contribution in [0.3, 0.4) is 0 Å². The first kappa shape index (κ1) is 20.3. The van der Waals surface area contributed by atoms with E-state index in [1.165, 1.54) is 0 Å². The van der Waals surface area contributed by atoms with Gasteiger partial charge in [-0.2, -0.15) is 0 Å². The third-order valence-electron chi connectivity index (χ3n) is 5.65. The highest BCUT2D eigenvalue weighted by Crippen LogP contribution is 2.34. The minimum atomic E-state index is -0.832. The lowest BCUT2D eigenvalue weighted by Crippen LogP contribution is -2.62. The van der Waals surface area contributed by atoms with Gasteiger partial charge in [0.1, 0.15) is 5.76 Å². The number of piperidine rings is 1. The average molecular weight is 406 g/mol. The van der Waals surface area contributed by atoms with E-state index in [2.05, 4.69) is 20.4 Å². The molecule has 7 nitrogen and oxygen atoms in total. The van der Waals surface area contributed by atoms with E-state index in [9.17, 15) is 9.90 Å². The minimum Gasteiger partial charge on any atom is -0.389 e. The summed E-state index contributed by atoms with van der Waals surface area (Å²) in [5, 5.41) is 18.4. The van der Waals surface area contributed by atoms with Crippen LogP contribution in [0.15, 0.2) is 65.4 Å². The summed E-state index contributed by atoms with van der Waals surface area (Å²) in [6, 6.07) is 15.3. The number of aliphatic hydroxyl groups is 1. The van der Waals surface area contributed by atoms with Crippen LogP contribution in [0, 0.1) is 6.92 Å². The Hall–Kier alpha value is -3.03. The molecule has 0 radical (unpaired) electrons. The highest BCUT2D eigenvalue weighted by atomic mass is 16.5. The van der Waals surface area contributed by atoms with E-state index in [-0.39, 0.29) is 12.3 Å². The Morgan fingerprint density at radius 2 is 2.03 bits per heavy atom. The SMILES string of the molecule is Cc1cc(CN2CC[C@@](NC(=O)Cc3ccncc3)(c3ccccc3)[C@H](O)C2)no1. The van der Waals surface area contributed by atoms with Crippen molar-refractivity contribution >= 4 is 5.91 Å². The number of rotatable bonds is 6. The number of amides is 1. The number of β-amino-alcohol motifs (C(OH)–C–C–N with tert-alkyl or cyclic N) is 1. The topological polar surface area (TPSA) is 91.5 Å². The third-order valence-corrected chi connectivity index (χ3v) is 5.65. The van der Waals surface area contributed by atoms with Crippen molar-refractivity contribution in [3.05, 3.63) is 83.5 Å². The summed E-state index contributed by atoms with van der Waals surface area (Å²) in [5.41, 5.74) is 1.81. The molecule has 1 aliphatic heterocycles. The fraction of sp³-hybridized carbons (Fsp3) is 0.348. The number of nitrogens with one attached hydrogen (secondary N) is 1. The molecule has 1 fully saturated rings. The maximum Gasteiger partial charge on any atom is 0.225 e. The summed E-state index contributed by atoms with van der Waals surface area (Å²) in [4.78, 5) is 19.0. The van der Waals surface area contributed by atoms with Crippen molar-refractivity contribution in [2.24, 2.45) is 0 Å². The van der Waals surface area contributed by atoms with E-state index in [1.807, 2.05) is 55.5 Å². The molecule has 0 spiro atoms. The maximum atomic E-state index is 12.9.